The van der Waals surface area contributed by atoms with Gasteiger partial charge in [-0.25, -0.2) is 4.98 Å². The van der Waals surface area contributed by atoms with Gasteiger partial charge in [0.25, 0.3) is 0 Å². The number of carbonyl (C=O) groups excluding carboxylic acids is 1. The molecule has 1 heterocycles. The van der Waals surface area contributed by atoms with Crippen LogP contribution in [-0.2, 0) is 17.6 Å². The molecule has 0 radical (unpaired) electrons. The zero-order valence-electron chi connectivity index (χ0n) is 13.9. The molecule has 1 aromatic carbocycles. The molecule has 0 aliphatic carbocycles. The maximum Gasteiger partial charge on any atom is 0.226 e. The standard InChI is InChI=1S/C18H24N2O2S/c1-13(2)18(3,22)12-19-16(21)10-15-11-23-17(20-15)9-14-7-5-4-6-8-14/h4-8,11,13,22H,9-10,12H2,1-3H3,(H,19,21). The molecule has 0 aliphatic rings. The summed E-state index contributed by atoms with van der Waals surface area (Å²) in [6.07, 6.45) is 1.04. The average molecular weight is 332 g/mol. The summed E-state index contributed by atoms with van der Waals surface area (Å²) in [6.45, 7) is 5.86. The Kier molecular flexibility index (Phi) is 5.91. The molecule has 1 unspecified atom stereocenters. The van der Waals surface area contributed by atoms with Crippen LogP contribution < -0.4 is 5.32 Å². The van der Waals surface area contributed by atoms with Crippen molar-refractivity contribution in [1.29, 1.82) is 0 Å². The van der Waals surface area contributed by atoms with Gasteiger partial charge in [0, 0.05) is 18.3 Å². The van der Waals surface area contributed by atoms with E-state index in [4.69, 9.17) is 0 Å². The lowest BCUT2D eigenvalue weighted by Gasteiger charge is -2.27. The Morgan fingerprint density at radius 1 is 1.35 bits per heavy atom. The van der Waals surface area contributed by atoms with Crippen molar-refractivity contribution in [3.05, 3.63) is 52.0 Å². The van der Waals surface area contributed by atoms with Crippen LogP contribution >= 0.6 is 11.3 Å². The number of nitrogens with zero attached hydrogens (tertiary/aromatic N) is 1. The maximum absolute atomic E-state index is 12.0. The molecule has 124 valence electrons. The zero-order chi connectivity index (χ0) is 16.9. The molecule has 0 saturated carbocycles. The summed E-state index contributed by atoms with van der Waals surface area (Å²) in [6, 6.07) is 10.2. The molecule has 2 aromatic rings. The van der Waals surface area contributed by atoms with E-state index < -0.39 is 5.60 Å². The minimum absolute atomic E-state index is 0.0829. The number of hydrogen-bond acceptors (Lipinski definition) is 4. The fraction of sp³-hybridized carbons (Fsp3) is 0.444. The summed E-state index contributed by atoms with van der Waals surface area (Å²) in [5, 5.41) is 15.9. The molecule has 4 nitrogen and oxygen atoms in total. The third-order valence-electron chi connectivity index (χ3n) is 4.03. The van der Waals surface area contributed by atoms with E-state index in [1.807, 2.05) is 37.4 Å². The third kappa shape index (κ3) is 5.44. The van der Waals surface area contributed by atoms with E-state index in [0.29, 0.717) is 0 Å². The SMILES string of the molecule is CC(C)C(C)(O)CNC(=O)Cc1csc(Cc2ccccc2)n1. The van der Waals surface area contributed by atoms with Crippen LogP contribution in [-0.4, -0.2) is 28.1 Å². The number of aliphatic hydroxyl groups is 1. The van der Waals surface area contributed by atoms with Gasteiger partial charge in [0.1, 0.15) is 0 Å². The van der Waals surface area contributed by atoms with Crippen LogP contribution in [0, 0.1) is 5.92 Å². The van der Waals surface area contributed by atoms with Crippen LogP contribution in [0.15, 0.2) is 35.7 Å². The second kappa shape index (κ2) is 7.70. The first-order chi connectivity index (χ1) is 10.9. The van der Waals surface area contributed by atoms with E-state index in [2.05, 4.69) is 22.4 Å². The lowest BCUT2D eigenvalue weighted by atomic mass is 9.92. The van der Waals surface area contributed by atoms with Crippen molar-refractivity contribution >= 4 is 17.2 Å². The molecule has 23 heavy (non-hydrogen) atoms. The van der Waals surface area contributed by atoms with Crippen LogP contribution in [0.4, 0.5) is 0 Å². The van der Waals surface area contributed by atoms with Gasteiger partial charge in [0.15, 0.2) is 0 Å². The number of hydrogen-bond donors (Lipinski definition) is 2. The monoisotopic (exact) mass is 332 g/mol. The number of aromatic nitrogens is 1. The van der Waals surface area contributed by atoms with Crippen molar-refractivity contribution in [2.75, 3.05) is 6.54 Å². The lowest BCUT2D eigenvalue weighted by molar-refractivity contribution is -0.122. The molecule has 0 fully saturated rings. The Hall–Kier alpha value is -1.72. The van der Waals surface area contributed by atoms with Gasteiger partial charge in [-0.05, 0) is 18.4 Å². The van der Waals surface area contributed by atoms with Crippen LogP contribution in [0.3, 0.4) is 0 Å². The third-order valence-corrected chi connectivity index (χ3v) is 4.92. The summed E-state index contributed by atoms with van der Waals surface area (Å²) in [4.78, 5) is 16.5. The molecule has 1 aromatic heterocycles. The first-order valence-corrected chi connectivity index (χ1v) is 8.71. The fourth-order valence-corrected chi connectivity index (χ4v) is 2.82. The van der Waals surface area contributed by atoms with Crippen molar-refractivity contribution in [3.8, 4) is 0 Å². The first kappa shape index (κ1) is 17.6. The van der Waals surface area contributed by atoms with E-state index >= 15 is 0 Å². The Balaban J connectivity index is 1.85. The topological polar surface area (TPSA) is 62.2 Å². The van der Waals surface area contributed by atoms with Crippen LogP contribution in [0.25, 0.3) is 0 Å². The number of benzene rings is 1. The van der Waals surface area contributed by atoms with E-state index in [9.17, 15) is 9.90 Å². The van der Waals surface area contributed by atoms with Gasteiger partial charge in [0.2, 0.25) is 5.91 Å². The first-order valence-electron chi connectivity index (χ1n) is 7.83. The fourth-order valence-electron chi connectivity index (χ4n) is 1.99. The lowest BCUT2D eigenvalue weighted by Crippen LogP contribution is -2.44. The molecule has 5 heteroatoms. The number of rotatable bonds is 7. The van der Waals surface area contributed by atoms with Gasteiger partial charge in [-0.1, -0.05) is 44.2 Å². The van der Waals surface area contributed by atoms with Crippen LogP contribution in [0.2, 0.25) is 0 Å². The molecule has 1 atom stereocenters. The van der Waals surface area contributed by atoms with Gasteiger partial charge in [-0.2, -0.15) is 0 Å². The Morgan fingerprint density at radius 3 is 2.70 bits per heavy atom. The summed E-state index contributed by atoms with van der Waals surface area (Å²) >= 11 is 1.57. The highest BCUT2D eigenvalue weighted by atomic mass is 32.1. The highest BCUT2D eigenvalue weighted by Gasteiger charge is 2.25. The summed E-state index contributed by atoms with van der Waals surface area (Å²) in [5.74, 6) is -0.0259. The van der Waals surface area contributed by atoms with Gasteiger partial charge in [0.05, 0.1) is 22.7 Å². The second-order valence-electron chi connectivity index (χ2n) is 6.36. The largest absolute Gasteiger partial charge is 0.388 e. The highest BCUT2D eigenvalue weighted by Crippen LogP contribution is 2.16. The molecule has 2 rings (SSSR count). The van der Waals surface area contributed by atoms with Crippen molar-refractivity contribution in [2.45, 2.75) is 39.2 Å². The highest BCUT2D eigenvalue weighted by molar-refractivity contribution is 7.09. The van der Waals surface area contributed by atoms with E-state index in [0.717, 1.165) is 17.1 Å². The predicted molar refractivity (Wildman–Crippen MR) is 93.5 cm³/mol. The van der Waals surface area contributed by atoms with Crippen molar-refractivity contribution in [2.24, 2.45) is 5.92 Å². The van der Waals surface area contributed by atoms with E-state index in [-0.39, 0.29) is 24.8 Å². The number of carbonyl (C=O) groups is 1. The molecule has 2 N–H and O–H groups in total. The average Bonchev–Trinajstić information content (AvgIpc) is 2.93. The smallest absolute Gasteiger partial charge is 0.226 e. The quantitative estimate of drug-likeness (QED) is 0.819. The van der Waals surface area contributed by atoms with Crippen molar-refractivity contribution in [1.82, 2.24) is 10.3 Å². The predicted octanol–water partition coefficient (Wildman–Crippen LogP) is 2.80. The van der Waals surface area contributed by atoms with Crippen molar-refractivity contribution < 1.29 is 9.90 Å². The molecule has 1 amide bonds. The normalized spacial score (nSPS) is 13.8. The molecule has 0 aliphatic heterocycles. The maximum atomic E-state index is 12.0. The van der Waals surface area contributed by atoms with Crippen LogP contribution in [0.1, 0.15) is 37.0 Å². The molecule has 0 bridgehead atoms. The van der Waals surface area contributed by atoms with Gasteiger partial charge in [-0.3, -0.25) is 4.79 Å². The Morgan fingerprint density at radius 2 is 2.04 bits per heavy atom. The van der Waals surface area contributed by atoms with Crippen LogP contribution in [0.5, 0.6) is 0 Å². The van der Waals surface area contributed by atoms with Gasteiger partial charge >= 0.3 is 0 Å². The summed E-state index contributed by atoms with van der Waals surface area (Å²) in [5.41, 5.74) is 1.10. The van der Waals surface area contributed by atoms with Gasteiger partial charge in [-0.15, -0.1) is 11.3 Å². The van der Waals surface area contributed by atoms with Gasteiger partial charge < -0.3 is 10.4 Å². The molecule has 0 spiro atoms. The molecule has 0 saturated heterocycles. The molecular weight excluding hydrogens is 308 g/mol. The van der Waals surface area contributed by atoms with E-state index in [1.54, 1.807) is 18.3 Å². The minimum Gasteiger partial charge on any atom is -0.388 e. The number of thiazole rings is 1. The Labute approximate surface area is 141 Å². The second-order valence-corrected chi connectivity index (χ2v) is 7.30. The number of amides is 1. The Bertz CT molecular complexity index is 635. The number of nitrogens with one attached hydrogen (secondary N) is 1. The molecular formula is C18H24N2O2S. The summed E-state index contributed by atoms with van der Waals surface area (Å²) in [7, 11) is 0. The minimum atomic E-state index is -0.893. The zero-order valence-corrected chi connectivity index (χ0v) is 14.7. The summed E-state index contributed by atoms with van der Waals surface area (Å²) < 4.78 is 0. The van der Waals surface area contributed by atoms with Crippen molar-refractivity contribution in [3.63, 3.8) is 0 Å². The van der Waals surface area contributed by atoms with E-state index in [1.165, 1.54) is 5.56 Å².